The van der Waals surface area contributed by atoms with E-state index in [1.807, 2.05) is 37.3 Å². The summed E-state index contributed by atoms with van der Waals surface area (Å²) in [4.78, 5) is 27.4. The van der Waals surface area contributed by atoms with Crippen LogP contribution in [0.2, 0.25) is 0 Å². The van der Waals surface area contributed by atoms with E-state index in [4.69, 9.17) is 0 Å². The van der Waals surface area contributed by atoms with E-state index in [0.29, 0.717) is 5.91 Å². The monoisotopic (exact) mass is 356 g/mol. The number of amides is 2. The van der Waals surface area contributed by atoms with Crippen molar-refractivity contribution in [1.29, 1.82) is 0 Å². The molecule has 142 valence electrons. The van der Waals surface area contributed by atoms with E-state index in [1.165, 1.54) is 0 Å². The van der Waals surface area contributed by atoms with Crippen molar-refractivity contribution in [1.82, 2.24) is 10.2 Å². The standard InChI is InChI=1S/C22H32N2O2/c1-16-12-14-24(15-13-16)22(26)20-10-8-19(9-11-20)21(25)23-17(2)18-6-4-3-5-7-18/h3-7,16-17,19-20H,8-15H2,1-2H3,(H,23,25). The first kappa shape index (κ1) is 18.9. The van der Waals surface area contributed by atoms with E-state index >= 15 is 0 Å². The van der Waals surface area contributed by atoms with E-state index in [-0.39, 0.29) is 23.8 Å². The van der Waals surface area contributed by atoms with Crippen LogP contribution in [0.3, 0.4) is 0 Å². The molecule has 0 bridgehead atoms. The second kappa shape index (κ2) is 8.70. The highest BCUT2D eigenvalue weighted by Crippen LogP contribution is 2.31. The molecule has 2 aliphatic rings. The van der Waals surface area contributed by atoms with Gasteiger partial charge in [0.2, 0.25) is 11.8 Å². The Labute approximate surface area is 157 Å². The van der Waals surface area contributed by atoms with E-state index in [9.17, 15) is 9.59 Å². The van der Waals surface area contributed by atoms with Gasteiger partial charge in [-0.3, -0.25) is 9.59 Å². The second-order valence-electron chi connectivity index (χ2n) is 8.20. The van der Waals surface area contributed by atoms with Crippen molar-refractivity contribution in [3.8, 4) is 0 Å². The molecule has 1 heterocycles. The minimum atomic E-state index is 0.0263. The number of nitrogens with one attached hydrogen (secondary N) is 1. The first-order chi connectivity index (χ1) is 12.5. The maximum atomic E-state index is 12.7. The lowest BCUT2D eigenvalue weighted by Crippen LogP contribution is -2.43. The Kier molecular flexibility index (Phi) is 6.33. The number of benzene rings is 1. The summed E-state index contributed by atoms with van der Waals surface area (Å²) in [5.74, 6) is 1.38. The number of carbonyl (C=O) groups excluding carboxylic acids is 2. The molecular weight excluding hydrogens is 324 g/mol. The minimum Gasteiger partial charge on any atom is -0.349 e. The molecule has 2 fully saturated rings. The van der Waals surface area contributed by atoms with Gasteiger partial charge < -0.3 is 10.2 Å². The number of nitrogens with zero attached hydrogens (tertiary/aromatic N) is 1. The number of carbonyl (C=O) groups is 2. The number of rotatable bonds is 4. The lowest BCUT2D eigenvalue weighted by Gasteiger charge is -2.35. The third-order valence-electron chi connectivity index (χ3n) is 6.20. The lowest BCUT2D eigenvalue weighted by molar-refractivity contribution is -0.139. The van der Waals surface area contributed by atoms with Gasteiger partial charge in [-0.25, -0.2) is 0 Å². The highest BCUT2D eigenvalue weighted by Gasteiger charge is 2.33. The summed E-state index contributed by atoms with van der Waals surface area (Å²) < 4.78 is 0. The molecule has 1 atom stereocenters. The van der Waals surface area contributed by atoms with Crippen molar-refractivity contribution in [2.24, 2.45) is 17.8 Å². The predicted octanol–water partition coefficient (Wildman–Crippen LogP) is 3.93. The lowest BCUT2D eigenvalue weighted by atomic mass is 9.80. The van der Waals surface area contributed by atoms with E-state index in [0.717, 1.165) is 63.1 Å². The zero-order valence-electron chi connectivity index (χ0n) is 16.1. The highest BCUT2D eigenvalue weighted by molar-refractivity contribution is 5.81. The fraction of sp³-hybridized carbons (Fsp3) is 0.636. The van der Waals surface area contributed by atoms with Crippen LogP contribution in [0.5, 0.6) is 0 Å². The molecule has 26 heavy (non-hydrogen) atoms. The zero-order valence-corrected chi connectivity index (χ0v) is 16.1. The van der Waals surface area contributed by atoms with E-state index in [2.05, 4.69) is 17.1 Å². The Hall–Kier alpha value is -1.84. The third kappa shape index (κ3) is 4.66. The van der Waals surface area contributed by atoms with E-state index in [1.54, 1.807) is 0 Å². The van der Waals surface area contributed by atoms with Gasteiger partial charge >= 0.3 is 0 Å². The predicted molar refractivity (Wildman–Crippen MR) is 103 cm³/mol. The minimum absolute atomic E-state index is 0.0263. The number of hydrogen-bond acceptors (Lipinski definition) is 2. The summed E-state index contributed by atoms with van der Waals surface area (Å²) in [6.07, 6.45) is 5.61. The molecule has 0 radical (unpaired) electrons. The van der Waals surface area contributed by atoms with Crippen LogP contribution in [-0.4, -0.2) is 29.8 Å². The molecule has 2 amide bonds. The van der Waals surface area contributed by atoms with Gasteiger partial charge in [0.1, 0.15) is 0 Å². The summed E-state index contributed by atoms with van der Waals surface area (Å²) in [5, 5.41) is 3.14. The summed E-state index contributed by atoms with van der Waals surface area (Å²) in [6.45, 7) is 6.12. The van der Waals surface area contributed by atoms with Gasteiger partial charge in [0.05, 0.1) is 6.04 Å². The topological polar surface area (TPSA) is 49.4 Å². The SMILES string of the molecule is CC1CCN(C(=O)C2CCC(C(=O)NC(C)c3ccccc3)CC2)CC1. The third-order valence-corrected chi connectivity index (χ3v) is 6.20. The maximum Gasteiger partial charge on any atom is 0.225 e. The van der Waals surface area contributed by atoms with Gasteiger partial charge in [-0.05, 0) is 56.9 Å². The van der Waals surface area contributed by atoms with Crippen molar-refractivity contribution >= 4 is 11.8 Å². The Morgan fingerprint density at radius 3 is 2.15 bits per heavy atom. The molecule has 1 aliphatic heterocycles. The number of piperidine rings is 1. The first-order valence-corrected chi connectivity index (χ1v) is 10.2. The number of hydrogen-bond donors (Lipinski definition) is 1. The number of likely N-dealkylation sites (tertiary alicyclic amines) is 1. The largest absolute Gasteiger partial charge is 0.349 e. The molecule has 0 spiro atoms. The summed E-state index contributed by atoms with van der Waals surface area (Å²) in [7, 11) is 0. The fourth-order valence-corrected chi connectivity index (χ4v) is 4.25. The van der Waals surface area contributed by atoms with Gasteiger partial charge in [0, 0.05) is 24.9 Å². The van der Waals surface area contributed by atoms with Crippen LogP contribution < -0.4 is 5.32 Å². The first-order valence-electron chi connectivity index (χ1n) is 10.2. The molecule has 1 N–H and O–H groups in total. The van der Waals surface area contributed by atoms with Crippen LogP contribution >= 0.6 is 0 Å². The molecule has 1 aromatic rings. The Bertz CT molecular complexity index is 600. The summed E-state index contributed by atoms with van der Waals surface area (Å²) in [5.41, 5.74) is 1.13. The molecule has 3 rings (SSSR count). The van der Waals surface area contributed by atoms with Gasteiger partial charge in [0.25, 0.3) is 0 Å². The van der Waals surface area contributed by atoms with Crippen molar-refractivity contribution in [2.75, 3.05) is 13.1 Å². The molecule has 1 saturated heterocycles. The summed E-state index contributed by atoms with van der Waals surface area (Å²) >= 11 is 0. The molecule has 1 aliphatic carbocycles. The average molecular weight is 357 g/mol. The normalized spacial score (nSPS) is 25.5. The Balaban J connectivity index is 1.45. The van der Waals surface area contributed by atoms with Crippen LogP contribution in [0.1, 0.15) is 64.0 Å². The quantitative estimate of drug-likeness (QED) is 0.889. The fourth-order valence-electron chi connectivity index (χ4n) is 4.25. The summed E-state index contributed by atoms with van der Waals surface area (Å²) in [6, 6.07) is 10.1. The molecule has 1 unspecified atom stereocenters. The van der Waals surface area contributed by atoms with Crippen molar-refractivity contribution in [3.63, 3.8) is 0 Å². The van der Waals surface area contributed by atoms with Crippen molar-refractivity contribution in [3.05, 3.63) is 35.9 Å². The smallest absolute Gasteiger partial charge is 0.225 e. The van der Waals surface area contributed by atoms with Crippen LogP contribution in [0.4, 0.5) is 0 Å². The van der Waals surface area contributed by atoms with Crippen LogP contribution in [0.15, 0.2) is 30.3 Å². The van der Waals surface area contributed by atoms with Crippen LogP contribution in [-0.2, 0) is 9.59 Å². The molecular formula is C22H32N2O2. The highest BCUT2D eigenvalue weighted by atomic mass is 16.2. The molecule has 1 saturated carbocycles. The maximum absolute atomic E-state index is 12.7. The second-order valence-corrected chi connectivity index (χ2v) is 8.20. The Morgan fingerprint density at radius 1 is 0.962 bits per heavy atom. The molecule has 4 nitrogen and oxygen atoms in total. The van der Waals surface area contributed by atoms with Gasteiger partial charge in [-0.15, -0.1) is 0 Å². The molecule has 0 aromatic heterocycles. The molecule has 1 aromatic carbocycles. The van der Waals surface area contributed by atoms with Crippen molar-refractivity contribution < 1.29 is 9.59 Å². The van der Waals surface area contributed by atoms with Crippen LogP contribution in [0.25, 0.3) is 0 Å². The van der Waals surface area contributed by atoms with Gasteiger partial charge in [-0.1, -0.05) is 37.3 Å². The Morgan fingerprint density at radius 2 is 1.54 bits per heavy atom. The van der Waals surface area contributed by atoms with Crippen molar-refractivity contribution in [2.45, 2.75) is 58.4 Å². The van der Waals surface area contributed by atoms with E-state index < -0.39 is 0 Å². The average Bonchev–Trinajstić information content (AvgIpc) is 2.69. The molecule has 4 heteroatoms. The zero-order chi connectivity index (χ0) is 18.5. The van der Waals surface area contributed by atoms with Gasteiger partial charge in [-0.2, -0.15) is 0 Å². The van der Waals surface area contributed by atoms with Crippen LogP contribution in [0, 0.1) is 17.8 Å². The van der Waals surface area contributed by atoms with Gasteiger partial charge in [0.15, 0.2) is 0 Å².